The topological polar surface area (TPSA) is 55.8 Å². The number of hydrogen-bond acceptors (Lipinski definition) is 4. The summed E-state index contributed by atoms with van der Waals surface area (Å²) in [5.41, 5.74) is 2.05. The van der Waals surface area contributed by atoms with Gasteiger partial charge in [0.05, 0.1) is 24.7 Å². The number of benzene rings is 2. The van der Waals surface area contributed by atoms with Crippen molar-refractivity contribution in [3.8, 4) is 0 Å². The van der Waals surface area contributed by atoms with E-state index in [1.807, 2.05) is 60.7 Å². The minimum atomic E-state index is -0.481. The lowest BCUT2D eigenvalue weighted by molar-refractivity contribution is -0.158. The van der Waals surface area contributed by atoms with Gasteiger partial charge in [0.2, 0.25) is 0 Å². The summed E-state index contributed by atoms with van der Waals surface area (Å²) in [6.45, 7) is 5.14. The van der Waals surface area contributed by atoms with Gasteiger partial charge in [0.1, 0.15) is 6.61 Å². The molecule has 4 heteroatoms. The van der Waals surface area contributed by atoms with Crippen LogP contribution in [-0.2, 0) is 27.5 Å². The Balaban J connectivity index is 1.97. The Morgan fingerprint density at radius 3 is 1.70 bits per heavy atom. The highest BCUT2D eigenvalue weighted by Gasteiger charge is 2.32. The first-order valence-corrected chi connectivity index (χ1v) is 16.2. The Morgan fingerprint density at radius 2 is 1.12 bits per heavy atom. The van der Waals surface area contributed by atoms with Crippen LogP contribution in [0.3, 0.4) is 0 Å². The smallest absolute Gasteiger partial charge is 0.311 e. The van der Waals surface area contributed by atoms with Gasteiger partial charge in [-0.15, -0.1) is 0 Å². The molecule has 0 bridgehead atoms. The molecule has 2 rings (SSSR count). The Kier molecular flexibility index (Phi) is 19.2. The van der Waals surface area contributed by atoms with Crippen molar-refractivity contribution in [1.29, 1.82) is 0 Å². The van der Waals surface area contributed by atoms with E-state index < -0.39 is 6.10 Å². The molecule has 0 aromatic heterocycles. The number of rotatable bonds is 24. The predicted molar refractivity (Wildman–Crippen MR) is 166 cm³/mol. The number of carbonyl (C=O) groups is 1. The third kappa shape index (κ3) is 15.6. The van der Waals surface area contributed by atoms with Crippen LogP contribution in [0, 0.1) is 5.92 Å². The van der Waals surface area contributed by atoms with Crippen LogP contribution in [0.5, 0.6) is 0 Å². The summed E-state index contributed by atoms with van der Waals surface area (Å²) < 4.78 is 12.2. The van der Waals surface area contributed by atoms with Crippen LogP contribution in [-0.4, -0.2) is 23.3 Å². The zero-order chi connectivity index (χ0) is 28.7. The molecule has 2 aromatic carbocycles. The zero-order valence-corrected chi connectivity index (χ0v) is 25.4. The highest BCUT2D eigenvalue weighted by molar-refractivity contribution is 5.73. The molecule has 0 saturated heterocycles. The fourth-order valence-electron chi connectivity index (χ4n) is 5.28. The number of aliphatic hydroxyl groups excluding tert-OH is 1. The average molecular weight is 553 g/mol. The average Bonchev–Trinajstić information content (AvgIpc) is 2.98. The predicted octanol–water partition coefficient (Wildman–Crippen LogP) is 9.57. The van der Waals surface area contributed by atoms with Crippen LogP contribution in [0.25, 0.3) is 0 Å². The maximum Gasteiger partial charge on any atom is 0.311 e. The summed E-state index contributed by atoms with van der Waals surface area (Å²) >= 11 is 0. The second-order valence-corrected chi connectivity index (χ2v) is 11.4. The lowest BCUT2D eigenvalue weighted by Crippen LogP contribution is -2.35. The number of ether oxygens (including phenoxy) is 2. The van der Waals surface area contributed by atoms with E-state index >= 15 is 0 Å². The number of esters is 1. The summed E-state index contributed by atoms with van der Waals surface area (Å²) in [5.74, 6) is -0.601. The third-order valence-corrected chi connectivity index (χ3v) is 7.80. The monoisotopic (exact) mass is 552 g/mol. The van der Waals surface area contributed by atoms with Crippen molar-refractivity contribution in [2.75, 3.05) is 0 Å². The molecule has 40 heavy (non-hydrogen) atoms. The van der Waals surface area contributed by atoms with Gasteiger partial charge in [-0.2, -0.15) is 0 Å². The molecule has 0 heterocycles. The zero-order valence-electron chi connectivity index (χ0n) is 25.4. The molecular formula is C36H56O4. The maximum absolute atomic E-state index is 13.5. The molecule has 0 fully saturated rings. The molecule has 3 atom stereocenters. The summed E-state index contributed by atoms with van der Waals surface area (Å²) in [6, 6.07) is 19.9. The van der Waals surface area contributed by atoms with Crippen LogP contribution < -0.4 is 0 Å². The lowest BCUT2D eigenvalue weighted by atomic mass is 9.90. The second kappa shape index (κ2) is 22.5. The fraction of sp³-hybridized carbons (Fsp3) is 0.639. The molecule has 1 N–H and O–H groups in total. The van der Waals surface area contributed by atoms with Crippen LogP contribution in [0.4, 0.5) is 0 Å². The molecule has 0 unspecified atom stereocenters. The second-order valence-electron chi connectivity index (χ2n) is 11.4. The number of hydrogen-bond donors (Lipinski definition) is 1. The standard InChI is InChI=1S/C36H56O4/c1-3-5-7-9-10-11-12-13-20-26-33(37)28-35(39-29-31-22-16-14-17-23-31)34(27-21-8-6-4-2)36(38)40-30-32-24-18-15-19-25-32/h14-19,22-25,33-35,37H,3-13,20-21,26-30H2,1-2H3/t33-,34-,35-/m0/s1. The van der Waals surface area contributed by atoms with Crippen LogP contribution >= 0.6 is 0 Å². The van der Waals surface area contributed by atoms with E-state index in [1.165, 1.54) is 44.9 Å². The Hall–Kier alpha value is -2.17. The van der Waals surface area contributed by atoms with E-state index in [9.17, 15) is 9.90 Å². The molecule has 2 aromatic rings. The van der Waals surface area contributed by atoms with Gasteiger partial charge in [0.25, 0.3) is 0 Å². The van der Waals surface area contributed by atoms with Crippen molar-refractivity contribution in [2.24, 2.45) is 5.92 Å². The Morgan fingerprint density at radius 1 is 0.650 bits per heavy atom. The number of carbonyl (C=O) groups excluding carboxylic acids is 1. The van der Waals surface area contributed by atoms with E-state index in [0.717, 1.165) is 62.5 Å². The summed E-state index contributed by atoms with van der Waals surface area (Å²) in [6.07, 6.45) is 16.8. The minimum absolute atomic E-state index is 0.214. The Labute approximate surface area is 244 Å². The molecule has 0 aliphatic carbocycles. The van der Waals surface area contributed by atoms with Crippen molar-refractivity contribution in [3.63, 3.8) is 0 Å². The number of aliphatic hydroxyl groups is 1. The summed E-state index contributed by atoms with van der Waals surface area (Å²) in [7, 11) is 0. The summed E-state index contributed by atoms with van der Waals surface area (Å²) in [4.78, 5) is 13.5. The van der Waals surface area contributed by atoms with Crippen molar-refractivity contribution < 1.29 is 19.4 Å². The lowest BCUT2D eigenvalue weighted by Gasteiger charge is -2.28. The molecule has 0 aliphatic heterocycles. The van der Waals surface area contributed by atoms with Gasteiger partial charge in [-0.25, -0.2) is 0 Å². The van der Waals surface area contributed by atoms with Crippen molar-refractivity contribution in [1.82, 2.24) is 0 Å². The molecule has 0 amide bonds. The quantitative estimate of drug-likeness (QED) is 0.104. The highest BCUT2D eigenvalue weighted by atomic mass is 16.5. The fourth-order valence-corrected chi connectivity index (χ4v) is 5.28. The van der Waals surface area contributed by atoms with Crippen molar-refractivity contribution in [3.05, 3.63) is 71.8 Å². The van der Waals surface area contributed by atoms with Crippen LogP contribution in [0.1, 0.15) is 128 Å². The van der Waals surface area contributed by atoms with Crippen LogP contribution in [0.15, 0.2) is 60.7 Å². The van der Waals surface area contributed by atoms with Crippen LogP contribution in [0.2, 0.25) is 0 Å². The molecule has 0 aliphatic rings. The molecular weight excluding hydrogens is 496 g/mol. The van der Waals surface area contributed by atoms with Gasteiger partial charge in [0, 0.05) is 6.42 Å². The van der Waals surface area contributed by atoms with Gasteiger partial charge < -0.3 is 14.6 Å². The van der Waals surface area contributed by atoms with Gasteiger partial charge >= 0.3 is 5.97 Å². The van der Waals surface area contributed by atoms with Gasteiger partial charge in [-0.05, 0) is 24.0 Å². The van der Waals surface area contributed by atoms with Crippen molar-refractivity contribution in [2.45, 2.75) is 142 Å². The first-order valence-electron chi connectivity index (χ1n) is 16.2. The first-order chi connectivity index (χ1) is 19.6. The van der Waals surface area contributed by atoms with E-state index in [4.69, 9.17) is 9.47 Å². The SMILES string of the molecule is CCCCCCCCCCC[C@H](O)C[C@H](OCc1ccccc1)[C@H](CCCCCC)C(=O)OCc1ccccc1. The van der Waals surface area contributed by atoms with Gasteiger partial charge in [-0.1, -0.05) is 158 Å². The van der Waals surface area contributed by atoms with Gasteiger partial charge in [0.15, 0.2) is 0 Å². The summed E-state index contributed by atoms with van der Waals surface area (Å²) in [5, 5.41) is 11.0. The minimum Gasteiger partial charge on any atom is -0.461 e. The van der Waals surface area contributed by atoms with E-state index in [0.29, 0.717) is 13.0 Å². The first kappa shape index (κ1) is 34.0. The number of unbranched alkanes of at least 4 members (excludes halogenated alkanes) is 11. The van der Waals surface area contributed by atoms with E-state index in [-0.39, 0.29) is 24.6 Å². The normalized spacial score (nSPS) is 13.6. The Bertz CT molecular complexity index is 854. The highest BCUT2D eigenvalue weighted by Crippen LogP contribution is 2.26. The largest absolute Gasteiger partial charge is 0.461 e. The molecule has 4 nitrogen and oxygen atoms in total. The molecule has 0 radical (unpaired) electrons. The molecule has 224 valence electrons. The maximum atomic E-state index is 13.5. The molecule has 0 saturated carbocycles. The van der Waals surface area contributed by atoms with E-state index in [1.54, 1.807) is 0 Å². The van der Waals surface area contributed by atoms with E-state index in [2.05, 4.69) is 13.8 Å². The van der Waals surface area contributed by atoms with Crippen molar-refractivity contribution >= 4 is 5.97 Å². The van der Waals surface area contributed by atoms with Gasteiger partial charge in [-0.3, -0.25) is 4.79 Å². The third-order valence-electron chi connectivity index (χ3n) is 7.80. The molecule has 0 spiro atoms.